The summed E-state index contributed by atoms with van der Waals surface area (Å²) in [7, 11) is 0. The second-order valence-electron chi connectivity index (χ2n) is 21.6. The van der Waals surface area contributed by atoms with E-state index >= 15 is 0 Å². The van der Waals surface area contributed by atoms with Gasteiger partial charge < -0.3 is 14.2 Å². The van der Waals surface area contributed by atoms with E-state index in [9.17, 15) is 14.4 Å². The summed E-state index contributed by atoms with van der Waals surface area (Å²) in [5.41, 5.74) is 0. The van der Waals surface area contributed by atoms with Crippen LogP contribution in [0.3, 0.4) is 0 Å². The van der Waals surface area contributed by atoms with Crippen molar-refractivity contribution in [3.63, 3.8) is 0 Å². The van der Waals surface area contributed by atoms with Crippen molar-refractivity contribution in [3.05, 3.63) is 0 Å². The molecular weight excluding hydrogens is 817 g/mol. The molecule has 0 aromatic heterocycles. The molecule has 0 aromatic carbocycles. The zero-order chi connectivity index (χ0) is 48.2. The second-order valence-corrected chi connectivity index (χ2v) is 21.6. The highest BCUT2D eigenvalue weighted by Crippen LogP contribution is 2.18. The molecule has 66 heavy (non-hydrogen) atoms. The average Bonchev–Trinajstić information content (AvgIpc) is 3.29. The third-order valence-corrected chi connectivity index (χ3v) is 13.7. The summed E-state index contributed by atoms with van der Waals surface area (Å²) in [4.78, 5) is 38.1. The van der Waals surface area contributed by atoms with Gasteiger partial charge in [-0.1, -0.05) is 298 Å². The highest BCUT2D eigenvalue weighted by atomic mass is 16.6. The molecule has 6 heteroatoms. The molecule has 0 rings (SSSR count). The van der Waals surface area contributed by atoms with Crippen LogP contribution >= 0.6 is 0 Å². The molecule has 0 saturated carbocycles. The van der Waals surface area contributed by atoms with Crippen LogP contribution in [-0.4, -0.2) is 37.2 Å². The zero-order valence-electron chi connectivity index (χ0n) is 45.3. The third kappa shape index (κ3) is 53.4. The van der Waals surface area contributed by atoms with Crippen LogP contribution in [-0.2, 0) is 28.6 Å². The molecule has 0 radical (unpaired) electrons. The number of hydrogen-bond acceptors (Lipinski definition) is 6. The van der Waals surface area contributed by atoms with Crippen molar-refractivity contribution in [2.24, 2.45) is 11.8 Å². The van der Waals surface area contributed by atoms with E-state index in [1.54, 1.807) is 0 Å². The Morgan fingerprint density at radius 2 is 0.500 bits per heavy atom. The maximum Gasteiger partial charge on any atom is 0.306 e. The Hall–Kier alpha value is -1.59. The lowest BCUT2D eigenvalue weighted by Crippen LogP contribution is -2.30. The average molecular weight is 934 g/mol. The molecule has 0 N–H and O–H groups in total. The van der Waals surface area contributed by atoms with Crippen LogP contribution < -0.4 is 0 Å². The summed E-state index contributed by atoms with van der Waals surface area (Å²) in [6, 6.07) is 0. The van der Waals surface area contributed by atoms with Crippen molar-refractivity contribution in [2.75, 3.05) is 13.2 Å². The predicted octanol–water partition coefficient (Wildman–Crippen LogP) is 19.7. The van der Waals surface area contributed by atoms with Crippen molar-refractivity contribution < 1.29 is 28.6 Å². The largest absolute Gasteiger partial charge is 0.462 e. The van der Waals surface area contributed by atoms with Gasteiger partial charge in [0.05, 0.1) is 0 Å². The van der Waals surface area contributed by atoms with Crippen LogP contribution in [0.5, 0.6) is 0 Å². The number of hydrogen-bond donors (Lipinski definition) is 0. The number of unbranched alkanes of at least 4 members (excludes halogenated alkanes) is 39. The SMILES string of the molecule is CCCCCCCCCCCCCC(=O)OC[C@@H](COC(=O)CCCCCCCCCCCCCCCCCCCCC(C)C)OC(=O)CCCCCCCCCCCCCCCC(C)C. The predicted molar refractivity (Wildman–Crippen MR) is 284 cm³/mol. The first-order valence-electron chi connectivity index (χ1n) is 29.7. The van der Waals surface area contributed by atoms with Crippen LogP contribution in [0.15, 0.2) is 0 Å². The van der Waals surface area contributed by atoms with Gasteiger partial charge >= 0.3 is 17.9 Å². The Labute approximate surface area is 412 Å². The van der Waals surface area contributed by atoms with Crippen molar-refractivity contribution in [1.82, 2.24) is 0 Å². The lowest BCUT2D eigenvalue weighted by atomic mass is 10.0. The lowest BCUT2D eigenvalue weighted by molar-refractivity contribution is -0.167. The fraction of sp³-hybridized carbons (Fsp3) is 0.950. The van der Waals surface area contributed by atoms with Crippen molar-refractivity contribution in [3.8, 4) is 0 Å². The first kappa shape index (κ1) is 64.4. The number of rotatable bonds is 54. The van der Waals surface area contributed by atoms with E-state index in [-0.39, 0.29) is 31.1 Å². The van der Waals surface area contributed by atoms with Crippen molar-refractivity contribution >= 4 is 17.9 Å². The van der Waals surface area contributed by atoms with Crippen molar-refractivity contribution in [1.29, 1.82) is 0 Å². The maximum absolute atomic E-state index is 12.8. The zero-order valence-corrected chi connectivity index (χ0v) is 45.3. The quantitative estimate of drug-likeness (QED) is 0.0343. The summed E-state index contributed by atoms with van der Waals surface area (Å²) in [5, 5.41) is 0. The Kier molecular flexibility index (Phi) is 51.5. The molecule has 0 saturated heterocycles. The van der Waals surface area contributed by atoms with Gasteiger partial charge in [0, 0.05) is 19.3 Å². The number of carbonyl (C=O) groups excluding carboxylic acids is 3. The normalized spacial score (nSPS) is 12.0. The summed E-state index contributed by atoms with van der Waals surface area (Å²) in [6.45, 7) is 11.4. The van der Waals surface area contributed by atoms with Gasteiger partial charge in [0.1, 0.15) is 13.2 Å². The summed E-state index contributed by atoms with van der Waals surface area (Å²) >= 11 is 0. The third-order valence-electron chi connectivity index (χ3n) is 13.7. The van der Waals surface area contributed by atoms with E-state index in [0.29, 0.717) is 19.3 Å². The van der Waals surface area contributed by atoms with Gasteiger partial charge in [-0.3, -0.25) is 14.4 Å². The van der Waals surface area contributed by atoms with Gasteiger partial charge in [0.15, 0.2) is 6.10 Å². The minimum absolute atomic E-state index is 0.0624. The van der Waals surface area contributed by atoms with Gasteiger partial charge in [-0.05, 0) is 31.1 Å². The fourth-order valence-electron chi connectivity index (χ4n) is 9.23. The molecule has 0 amide bonds. The fourth-order valence-corrected chi connectivity index (χ4v) is 9.23. The van der Waals surface area contributed by atoms with Crippen LogP contribution in [0.25, 0.3) is 0 Å². The molecule has 392 valence electrons. The van der Waals surface area contributed by atoms with Crippen LogP contribution in [0.4, 0.5) is 0 Å². The van der Waals surface area contributed by atoms with E-state index in [1.807, 2.05) is 0 Å². The monoisotopic (exact) mass is 933 g/mol. The van der Waals surface area contributed by atoms with Gasteiger partial charge in [0.2, 0.25) is 0 Å². The molecule has 0 fully saturated rings. The van der Waals surface area contributed by atoms with Gasteiger partial charge in [-0.15, -0.1) is 0 Å². The topological polar surface area (TPSA) is 78.9 Å². The Bertz CT molecular complexity index is 1010. The molecule has 0 unspecified atom stereocenters. The standard InChI is InChI=1S/C60H116O6/c1-6-7-8-9-10-11-23-30-35-40-45-50-58(61)64-53-57(66-60(63)52-47-42-37-32-27-22-18-20-25-29-34-39-44-49-56(4)5)54-65-59(62)51-46-41-36-31-26-21-17-15-13-12-14-16-19-24-28-33-38-43-48-55(2)3/h55-57H,6-54H2,1-5H3/t57-/m0/s1. The molecule has 0 heterocycles. The highest BCUT2D eigenvalue weighted by molar-refractivity contribution is 5.71. The van der Waals surface area contributed by atoms with Crippen molar-refractivity contribution in [2.45, 2.75) is 343 Å². The van der Waals surface area contributed by atoms with Crippen LogP contribution in [0, 0.1) is 11.8 Å². The molecule has 6 nitrogen and oxygen atoms in total. The minimum Gasteiger partial charge on any atom is -0.462 e. The molecular formula is C60H116O6. The van der Waals surface area contributed by atoms with Crippen LogP contribution in [0.1, 0.15) is 336 Å². The summed E-state index contributed by atoms with van der Waals surface area (Å²) in [6.07, 6.45) is 56.7. The molecule has 0 aromatic rings. The summed E-state index contributed by atoms with van der Waals surface area (Å²) in [5.74, 6) is 0.859. The van der Waals surface area contributed by atoms with Gasteiger partial charge in [-0.25, -0.2) is 0 Å². The molecule has 0 bridgehead atoms. The molecule has 0 aliphatic heterocycles. The lowest BCUT2D eigenvalue weighted by Gasteiger charge is -2.18. The van der Waals surface area contributed by atoms with E-state index in [0.717, 1.165) is 69.6 Å². The molecule has 1 atom stereocenters. The number of carbonyl (C=O) groups is 3. The second kappa shape index (κ2) is 52.8. The van der Waals surface area contributed by atoms with Crippen LogP contribution in [0.2, 0.25) is 0 Å². The Morgan fingerprint density at radius 1 is 0.288 bits per heavy atom. The first-order chi connectivity index (χ1) is 32.2. The Morgan fingerprint density at radius 3 is 0.742 bits per heavy atom. The van der Waals surface area contributed by atoms with E-state index in [1.165, 1.54) is 225 Å². The van der Waals surface area contributed by atoms with E-state index in [4.69, 9.17) is 14.2 Å². The van der Waals surface area contributed by atoms with Gasteiger partial charge in [-0.2, -0.15) is 0 Å². The first-order valence-corrected chi connectivity index (χ1v) is 29.7. The maximum atomic E-state index is 12.8. The van der Waals surface area contributed by atoms with E-state index in [2.05, 4.69) is 34.6 Å². The smallest absolute Gasteiger partial charge is 0.306 e. The molecule has 0 aliphatic rings. The number of esters is 3. The summed E-state index contributed by atoms with van der Waals surface area (Å²) < 4.78 is 16.9. The minimum atomic E-state index is -0.762. The van der Waals surface area contributed by atoms with E-state index < -0.39 is 6.10 Å². The number of ether oxygens (including phenoxy) is 3. The molecule has 0 aliphatic carbocycles. The Balaban J connectivity index is 4.22. The highest BCUT2D eigenvalue weighted by Gasteiger charge is 2.19. The molecule has 0 spiro atoms. The van der Waals surface area contributed by atoms with Gasteiger partial charge in [0.25, 0.3) is 0 Å².